The van der Waals surface area contributed by atoms with Crippen LogP contribution < -0.4 is 0 Å². The number of carbonyl (C=O) groups excluding carboxylic acids is 2. The van der Waals surface area contributed by atoms with Crippen molar-refractivity contribution in [3.05, 3.63) is 33.9 Å². The topological polar surface area (TPSA) is 83.9 Å². The van der Waals surface area contributed by atoms with E-state index in [2.05, 4.69) is 15.3 Å². The quantitative estimate of drug-likeness (QED) is 0.866. The second-order valence-corrected chi connectivity index (χ2v) is 6.10. The Bertz CT molecular complexity index is 787. The number of H-pyrrole nitrogens is 1. The van der Waals surface area contributed by atoms with Crippen LogP contribution in [0, 0.1) is 20.8 Å². The molecule has 0 spiro atoms. The Balaban J connectivity index is 1.77. The first kappa shape index (κ1) is 15.5. The highest BCUT2D eigenvalue weighted by atomic mass is 16.2. The van der Waals surface area contributed by atoms with Gasteiger partial charge in [0.05, 0.1) is 17.0 Å². The zero-order chi connectivity index (χ0) is 16.7. The molecule has 1 aliphatic heterocycles. The Morgan fingerprint density at radius 3 is 2.65 bits per heavy atom. The first-order valence-corrected chi connectivity index (χ1v) is 7.74. The van der Waals surface area contributed by atoms with Gasteiger partial charge < -0.3 is 4.90 Å². The molecular formula is C16H21N5O2. The van der Waals surface area contributed by atoms with Crippen LogP contribution in [-0.2, 0) is 24.3 Å². The molecular weight excluding hydrogens is 294 g/mol. The van der Waals surface area contributed by atoms with Crippen molar-refractivity contribution < 1.29 is 9.59 Å². The Labute approximate surface area is 134 Å². The molecule has 122 valence electrons. The molecule has 0 saturated heterocycles. The molecule has 0 atom stereocenters. The molecule has 0 aromatic carbocycles. The number of aromatic amines is 1. The van der Waals surface area contributed by atoms with Crippen molar-refractivity contribution in [1.29, 1.82) is 0 Å². The minimum atomic E-state index is -0.0182. The summed E-state index contributed by atoms with van der Waals surface area (Å²) in [6.07, 6.45) is 0.765. The largest absolute Gasteiger partial charge is 0.336 e. The van der Waals surface area contributed by atoms with Gasteiger partial charge in [-0.05, 0) is 27.7 Å². The summed E-state index contributed by atoms with van der Waals surface area (Å²) >= 11 is 0. The number of nitrogens with zero attached hydrogens (tertiary/aromatic N) is 4. The van der Waals surface area contributed by atoms with Gasteiger partial charge >= 0.3 is 0 Å². The highest BCUT2D eigenvalue weighted by Gasteiger charge is 2.25. The summed E-state index contributed by atoms with van der Waals surface area (Å²) in [6.45, 7) is 8.53. The van der Waals surface area contributed by atoms with E-state index in [9.17, 15) is 9.59 Å². The number of aromatic nitrogens is 4. The van der Waals surface area contributed by atoms with Crippen LogP contribution in [-0.4, -0.2) is 43.1 Å². The van der Waals surface area contributed by atoms with Crippen molar-refractivity contribution in [1.82, 2.24) is 24.9 Å². The molecule has 0 fully saturated rings. The molecule has 2 aromatic rings. The number of aryl methyl sites for hydroxylation is 2. The highest BCUT2D eigenvalue weighted by molar-refractivity contribution is 5.96. The number of amides is 1. The van der Waals surface area contributed by atoms with Crippen LogP contribution in [0.1, 0.15) is 45.6 Å². The number of hydrogen-bond donors (Lipinski definition) is 1. The predicted octanol–water partition coefficient (Wildman–Crippen LogP) is 1.32. The number of rotatable bonds is 3. The van der Waals surface area contributed by atoms with Gasteiger partial charge in [0.2, 0.25) is 5.91 Å². The molecule has 0 saturated carbocycles. The van der Waals surface area contributed by atoms with E-state index in [1.54, 1.807) is 11.6 Å². The van der Waals surface area contributed by atoms with Crippen molar-refractivity contribution in [2.45, 2.75) is 47.2 Å². The lowest BCUT2D eigenvalue weighted by molar-refractivity contribution is -0.133. The molecule has 1 N–H and O–H groups in total. The summed E-state index contributed by atoms with van der Waals surface area (Å²) in [5.41, 5.74) is 5.22. The van der Waals surface area contributed by atoms with Gasteiger partial charge in [0.1, 0.15) is 6.54 Å². The van der Waals surface area contributed by atoms with Gasteiger partial charge in [-0.2, -0.15) is 10.2 Å². The fourth-order valence-electron chi connectivity index (χ4n) is 3.23. The van der Waals surface area contributed by atoms with Gasteiger partial charge in [0.25, 0.3) is 0 Å². The van der Waals surface area contributed by atoms with Gasteiger partial charge in [-0.25, -0.2) is 0 Å². The van der Waals surface area contributed by atoms with E-state index in [1.165, 1.54) is 6.92 Å². The fraction of sp³-hybridized carbons (Fsp3) is 0.500. The smallest absolute Gasteiger partial charge is 0.244 e. The number of Topliss-reactive ketones (excluding diaryl/α,β-unsaturated/α-hetero) is 1. The van der Waals surface area contributed by atoms with E-state index in [0.717, 1.165) is 29.1 Å². The third-order valence-corrected chi connectivity index (χ3v) is 4.50. The monoisotopic (exact) mass is 315 g/mol. The average molecular weight is 315 g/mol. The normalized spacial score (nSPS) is 14.0. The average Bonchev–Trinajstić information content (AvgIpc) is 2.99. The van der Waals surface area contributed by atoms with Crippen molar-refractivity contribution in [3.8, 4) is 0 Å². The lowest BCUT2D eigenvalue weighted by atomic mass is 10.1. The Morgan fingerprint density at radius 1 is 1.26 bits per heavy atom. The van der Waals surface area contributed by atoms with E-state index < -0.39 is 0 Å². The molecule has 7 heteroatoms. The van der Waals surface area contributed by atoms with Crippen LogP contribution in [0.5, 0.6) is 0 Å². The molecule has 0 bridgehead atoms. The maximum atomic E-state index is 12.6. The fourth-order valence-corrected chi connectivity index (χ4v) is 3.23. The van der Waals surface area contributed by atoms with E-state index >= 15 is 0 Å². The molecule has 0 unspecified atom stereocenters. The maximum absolute atomic E-state index is 12.6. The minimum Gasteiger partial charge on any atom is -0.336 e. The van der Waals surface area contributed by atoms with Gasteiger partial charge in [-0.1, -0.05) is 0 Å². The van der Waals surface area contributed by atoms with E-state index in [0.29, 0.717) is 24.3 Å². The van der Waals surface area contributed by atoms with Crippen LogP contribution in [0.3, 0.4) is 0 Å². The third-order valence-electron chi connectivity index (χ3n) is 4.50. The van der Waals surface area contributed by atoms with Gasteiger partial charge in [-0.15, -0.1) is 0 Å². The zero-order valence-corrected chi connectivity index (χ0v) is 13.9. The molecule has 2 aromatic heterocycles. The molecule has 3 heterocycles. The summed E-state index contributed by atoms with van der Waals surface area (Å²) in [5, 5.41) is 11.6. The molecule has 0 radical (unpaired) electrons. The van der Waals surface area contributed by atoms with Crippen LogP contribution in [0.2, 0.25) is 0 Å². The summed E-state index contributed by atoms with van der Waals surface area (Å²) in [5.74, 6) is -0.00714. The highest BCUT2D eigenvalue weighted by Crippen LogP contribution is 2.20. The van der Waals surface area contributed by atoms with E-state index in [4.69, 9.17) is 0 Å². The van der Waals surface area contributed by atoms with Gasteiger partial charge in [0, 0.05) is 36.5 Å². The number of nitrogens with one attached hydrogen (secondary N) is 1. The second kappa shape index (κ2) is 5.64. The lowest BCUT2D eigenvalue weighted by Crippen LogP contribution is -2.38. The molecule has 1 amide bonds. The Kier molecular flexibility index (Phi) is 3.79. The van der Waals surface area contributed by atoms with Gasteiger partial charge in [0.15, 0.2) is 5.78 Å². The molecule has 23 heavy (non-hydrogen) atoms. The number of ketones is 1. The minimum absolute atomic E-state index is 0.0111. The second-order valence-electron chi connectivity index (χ2n) is 6.10. The standard InChI is InChI=1S/C16H21N5O2/c1-9-13-7-20(6-5-14(13)18-17-9)15(23)8-21-11(3)16(12(4)22)10(2)19-21/h5-8H2,1-4H3,(H,17,18). The van der Waals surface area contributed by atoms with E-state index in [-0.39, 0.29) is 18.2 Å². The molecule has 3 rings (SSSR count). The number of carbonyl (C=O) groups is 2. The van der Waals surface area contributed by atoms with Crippen molar-refractivity contribution >= 4 is 11.7 Å². The molecule has 7 nitrogen and oxygen atoms in total. The van der Waals surface area contributed by atoms with Crippen molar-refractivity contribution in [2.75, 3.05) is 6.54 Å². The zero-order valence-electron chi connectivity index (χ0n) is 13.9. The third kappa shape index (κ3) is 2.67. The SMILES string of the molecule is CC(=O)c1c(C)nn(CC(=O)N2CCc3n[nH]c(C)c3C2)c1C. The maximum Gasteiger partial charge on any atom is 0.244 e. The first-order chi connectivity index (χ1) is 10.9. The summed E-state index contributed by atoms with van der Waals surface area (Å²) < 4.78 is 1.63. The van der Waals surface area contributed by atoms with Crippen molar-refractivity contribution in [2.24, 2.45) is 0 Å². The summed E-state index contributed by atoms with van der Waals surface area (Å²) in [4.78, 5) is 26.1. The summed E-state index contributed by atoms with van der Waals surface area (Å²) in [6, 6.07) is 0. The first-order valence-electron chi connectivity index (χ1n) is 7.74. The van der Waals surface area contributed by atoms with Crippen LogP contribution >= 0.6 is 0 Å². The van der Waals surface area contributed by atoms with Gasteiger partial charge in [-0.3, -0.25) is 19.4 Å². The van der Waals surface area contributed by atoms with E-state index in [1.807, 2.05) is 18.7 Å². The Morgan fingerprint density at radius 2 is 2.00 bits per heavy atom. The number of hydrogen-bond acceptors (Lipinski definition) is 4. The van der Waals surface area contributed by atoms with Crippen LogP contribution in [0.15, 0.2) is 0 Å². The molecule has 1 aliphatic rings. The Hall–Kier alpha value is -2.44. The van der Waals surface area contributed by atoms with Crippen LogP contribution in [0.4, 0.5) is 0 Å². The lowest BCUT2D eigenvalue weighted by Gasteiger charge is -2.27. The summed E-state index contributed by atoms with van der Waals surface area (Å²) in [7, 11) is 0. The van der Waals surface area contributed by atoms with Crippen LogP contribution in [0.25, 0.3) is 0 Å². The van der Waals surface area contributed by atoms with Crippen molar-refractivity contribution in [3.63, 3.8) is 0 Å². The predicted molar refractivity (Wildman–Crippen MR) is 84.2 cm³/mol. The molecule has 0 aliphatic carbocycles. The number of fused-ring (bicyclic) bond motifs is 1.